The fraction of sp³-hybridized carbons (Fsp3) is 0.727. The molecule has 0 saturated carbocycles. The van der Waals surface area contributed by atoms with Gasteiger partial charge in [-0.25, -0.2) is 0 Å². The maximum absolute atomic E-state index is 11.2. The van der Waals surface area contributed by atoms with Crippen LogP contribution in [0.5, 0.6) is 0 Å². The van der Waals surface area contributed by atoms with Crippen molar-refractivity contribution in [3.05, 3.63) is 12.3 Å². The smallest absolute Gasteiger partial charge is 0.314 e. The Morgan fingerprint density at radius 2 is 2.23 bits per heavy atom. The van der Waals surface area contributed by atoms with Crippen LogP contribution in [0.4, 0.5) is 0 Å². The molecule has 0 bridgehead atoms. The Hall–Kier alpha value is -0.790. The summed E-state index contributed by atoms with van der Waals surface area (Å²) in [7, 11) is 0. The summed E-state index contributed by atoms with van der Waals surface area (Å²) >= 11 is 0. The van der Waals surface area contributed by atoms with E-state index < -0.39 is 0 Å². The molecule has 2 nitrogen and oxygen atoms in total. The fourth-order valence-corrected chi connectivity index (χ4v) is 1.66. The van der Waals surface area contributed by atoms with Crippen molar-refractivity contribution in [3.63, 3.8) is 0 Å². The topological polar surface area (TPSA) is 26.3 Å². The predicted molar refractivity (Wildman–Crippen MR) is 52.1 cm³/mol. The predicted octanol–water partition coefficient (Wildman–Crippen LogP) is 3.03. The van der Waals surface area contributed by atoms with Crippen molar-refractivity contribution in [2.45, 2.75) is 45.4 Å². The average Bonchev–Trinajstić information content (AvgIpc) is 2.39. The summed E-state index contributed by atoms with van der Waals surface area (Å²) < 4.78 is 4.90. The zero-order chi connectivity index (χ0) is 9.68. The third-order valence-electron chi connectivity index (χ3n) is 2.46. The van der Waals surface area contributed by atoms with Crippen molar-refractivity contribution in [1.82, 2.24) is 0 Å². The molecule has 0 spiro atoms. The summed E-state index contributed by atoms with van der Waals surface area (Å²) in [5.41, 5.74) is 0. The first-order valence-corrected chi connectivity index (χ1v) is 5.13. The minimum Gasteiger partial charge on any atom is -0.431 e. The molecule has 1 rings (SSSR count). The van der Waals surface area contributed by atoms with E-state index in [0.717, 1.165) is 19.3 Å². The van der Waals surface area contributed by atoms with E-state index in [0.29, 0.717) is 5.76 Å². The molecule has 1 saturated heterocycles. The number of rotatable bonds is 5. The molecule has 1 unspecified atom stereocenters. The van der Waals surface area contributed by atoms with Crippen LogP contribution in [0.2, 0.25) is 0 Å². The van der Waals surface area contributed by atoms with Gasteiger partial charge in [-0.15, -0.1) is 0 Å². The largest absolute Gasteiger partial charge is 0.431 e. The lowest BCUT2D eigenvalue weighted by Gasteiger charge is -2.03. The standard InChI is InChI=1S/C11H18O2/c1-3-4-5-6-7-10-8-9(2)13-11(10)12/h10H,2-8H2,1H3. The van der Waals surface area contributed by atoms with E-state index in [2.05, 4.69) is 13.5 Å². The Morgan fingerprint density at radius 1 is 1.46 bits per heavy atom. The Kier molecular flexibility index (Phi) is 4.00. The van der Waals surface area contributed by atoms with Gasteiger partial charge in [0.15, 0.2) is 0 Å². The molecule has 0 N–H and O–H groups in total. The Balaban J connectivity index is 2.14. The van der Waals surface area contributed by atoms with Gasteiger partial charge in [0.1, 0.15) is 5.76 Å². The molecule has 13 heavy (non-hydrogen) atoms. The van der Waals surface area contributed by atoms with E-state index >= 15 is 0 Å². The molecule has 0 radical (unpaired) electrons. The van der Waals surface area contributed by atoms with Crippen LogP contribution in [0.15, 0.2) is 12.3 Å². The second-order valence-corrected chi connectivity index (χ2v) is 3.71. The molecule has 0 aromatic rings. The molecule has 0 aliphatic carbocycles. The van der Waals surface area contributed by atoms with Gasteiger partial charge in [0.05, 0.1) is 5.92 Å². The molecular weight excluding hydrogens is 164 g/mol. The molecule has 74 valence electrons. The molecular formula is C11H18O2. The van der Waals surface area contributed by atoms with Crippen molar-refractivity contribution in [3.8, 4) is 0 Å². The minimum absolute atomic E-state index is 0.0681. The van der Waals surface area contributed by atoms with Crippen molar-refractivity contribution in [1.29, 1.82) is 0 Å². The molecule has 0 amide bonds. The lowest BCUT2D eigenvalue weighted by molar-refractivity contribution is -0.139. The van der Waals surface area contributed by atoms with Crippen LogP contribution >= 0.6 is 0 Å². The summed E-state index contributed by atoms with van der Waals surface area (Å²) in [6.07, 6.45) is 6.58. The number of cyclic esters (lactones) is 1. The van der Waals surface area contributed by atoms with Crippen LogP contribution < -0.4 is 0 Å². The number of hydrogen-bond acceptors (Lipinski definition) is 2. The third-order valence-corrected chi connectivity index (χ3v) is 2.46. The molecule has 1 aliphatic rings. The molecule has 1 heterocycles. The van der Waals surface area contributed by atoms with E-state index in [4.69, 9.17) is 4.74 Å². The lowest BCUT2D eigenvalue weighted by atomic mass is 9.99. The molecule has 2 heteroatoms. The van der Waals surface area contributed by atoms with Gasteiger partial charge >= 0.3 is 5.97 Å². The van der Waals surface area contributed by atoms with Crippen molar-refractivity contribution in [2.75, 3.05) is 0 Å². The van der Waals surface area contributed by atoms with E-state index in [1.54, 1.807) is 0 Å². The monoisotopic (exact) mass is 182 g/mol. The summed E-state index contributed by atoms with van der Waals surface area (Å²) in [6.45, 7) is 5.84. The van der Waals surface area contributed by atoms with E-state index in [9.17, 15) is 4.79 Å². The highest BCUT2D eigenvalue weighted by molar-refractivity contribution is 5.76. The van der Waals surface area contributed by atoms with Crippen LogP contribution in [0, 0.1) is 5.92 Å². The lowest BCUT2D eigenvalue weighted by Crippen LogP contribution is -2.06. The van der Waals surface area contributed by atoms with Crippen LogP contribution in [-0.2, 0) is 9.53 Å². The average molecular weight is 182 g/mol. The number of allylic oxidation sites excluding steroid dienone is 1. The first kappa shape index (κ1) is 10.3. The zero-order valence-corrected chi connectivity index (χ0v) is 8.34. The Bertz CT molecular complexity index is 196. The number of ether oxygens (including phenoxy) is 1. The van der Waals surface area contributed by atoms with Crippen molar-refractivity contribution in [2.24, 2.45) is 5.92 Å². The maximum Gasteiger partial charge on any atom is 0.314 e. The second-order valence-electron chi connectivity index (χ2n) is 3.71. The van der Waals surface area contributed by atoms with E-state index in [1.165, 1.54) is 19.3 Å². The van der Waals surface area contributed by atoms with Gasteiger partial charge in [-0.2, -0.15) is 0 Å². The molecule has 0 aromatic heterocycles. The zero-order valence-electron chi connectivity index (χ0n) is 8.34. The van der Waals surface area contributed by atoms with Gasteiger partial charge in [-0.05, 0) is 6.42 Å². The normalized spacial score (nSPS) is 22.1. The SMILES string of the molecule is C=C1CC(CCCCCC)C(=O)O1. The molecule has 0 aromatic carbocycles. The molecule has 1 aliphatic heterocycles. The third kappa shape index (κ3) is 3.21. The van der Waals surface area contributed by atoms with Crippen molar-refractivity contribution < 1.29 is 9.53 Å². The van der Waals surface area contributed by atoms with E-state index in [-0.39, 0.29) is 11.9 Å². The Labute approximate surface area is 80.0 Å². The van der Waals surface area contributed by atoms with Crippen LogP contribution in [-0.4, -0.2) is 5.97 Å². The second kappa shape index (κ2) is 5.05. The van der Waals surface area contributed by atoms with E-state index in [1.807, 2.05) is 0 Å². The Morgan fingerprint density at radius 3 is 2.77 bits per heavy atom. The highest BCUT2D eigenvalue weighted by Gasteiger charge is 2.28. The summed E-state index contributed by atoms with van der Waals surface area (Å²) in [5, 5.41) is 0. The number of esters is 1. The van der Waals surface area contributed by atoms with Gasteiger partial charge in [-0.3, -0.25) is 4.79 Å². The summed E-state index contributed by atoms with van der Waals surface area (Å²) in [6, 6.07) is 0. The number of unbranched alkanes of at least 4 members (excludes halogenated alkanes) is 3. The van der Waals surface area contributed by atoms with Gasteiger partial charge in [0.2, 0.25) is 0 Å². The van der Waals surface area contributed by atoms with Gasteiger partial charge in [0.25, 0.3) is 0 Å². The highest BCUT2D eigenvalue weighted by Crippen LogP contribution is 2.27. The quantitative estimate of drug-likeness (QED) is 0.482. The number of carbonyl (C=O) groups is 1. The van der Waals surface area contributed by atoms with Crippen LogP contribution in [0.1, 0.15) is 45.4 Å². The first-order chi connectivity index (χ1) is 6.24. The number of hydrogen-bond donors (Lipinski definition) is 0. The fourth-order valence-electron chi connectivity index (χ4n) is 1.66. The number of carbonyl (C=O) groups excluding carboxylic acids is 1. The minimum atomic E-state index is -0.0681. The van der Waals surface area contributed by atoms with Gasteiger partial charge < -0.3 is 4.74 Å². The van der Waals surface area contributed by atoms with Crippen molar-refractivity contribution >= 4 is 5.97 Å². The summed E-state index contributed by atoms with van der Waals surface area (Å²) in [4.78, 5) is 11.2. The highest BCUT2D eigenvalue weighted by atomic mass is 16.5. The first-order valence-electron chi connectivity index (χ1n) is 5.13. The van der Waals surface area contributed by atoms with Gasteiger partial charge in [-0.1, -0.05) is 39.2 Å². The summed E-state index contributed by atoms with van der Waals surface area (Å²) in [5.74, 6) is 0.677. The molecule has 1 atom stereocenters. The van der Waals surface area contributed by atoms with Gasteiger partial charge in [0, 0.05) is 6.42 Å². The van der Waals surface area contributed by atoms with Crippen LogP contribution in [0.3, 0.4) is 0 Å². The van der Waals surface area contributed by atoms with Crippen LogP contribution in [0.25, 0.3) is 0 Å². The molecule has 1 fully saturated rings. The maximum atomic E-state index is 11.2.